The van der Waals surface area contributed by atoms with E-state index in [9.17, 15) is 9.59 Å². The zero-order valence-corrected chi connectivity index (χ0v) is 21.0. The molecule has 1 aliphatic carbocycles. The van der Waals surface area contributed by atoms with Gasteiger partial charge in [-0.3, -0.25) is 9.59 Å². The molecule has 0 saturated heterocycles. The molecule has 8 heteroatoms. The maximum absolute atomic E-state index is 12.7. The second-order valence-corrected chi connectivity index (χ2v) is 9.51. The second-order valence-electron chi connectivity index (χ2n) is 8.64. The Balaban J connectivity index is 1.71. The zero-order chi connectivity index (χ0) is 25.4. The van der Waals surface area contributed by atoms with E-state index in [-0.39, 0.29) is 46.0 Å². The molecule has 1 saturated carbocycles. The van der Waals surface area contributed by atoms with Crippen molar-refractivity contribution in [2.24, 2.45) is 0 Å². The van der Waals surface area contributed by atoms with Crippen LogP contribution in [0.4, 0.5) is 0 Å². The molecule has 1 aliphatic rings. The lowest BCUT2D eigenvalue weighted by atomic mass is 9.51. The first-order valence-corrected chi connectivity index (χ1v) is 12.0. The highest BCUT2D eigenvalue weighted by atomic mass is 35.5. The third kappa shape index (κ3) is 4.31. The summed E-state index contributed by atoms with van der Waals surface area (Å²) in [7, 11) is 2.83. The summed E-state index contributed by atoms with van der Waals surface area (Å²) in [6.45, 7) is 0. The Morgan fingerprint density at radius 2 is 0.972 bits per heavy atom. The fraction of sp³-hybridized carbons (Fsp3) is 0.214. The Labute approximate surface area is 217 Å². The lowest BCUT2D eigenvalue weighted by Gasteiger charge is -2.51. The van der Waals surface area contributed by atoms with Crippen LogP contribution in [0, 0.1) is 0 Å². The van der Waals surface area contributed by atoms with Crippen LogP contribution in [0.3, 0.4) is 0 Å². The summed E-state index contributed by atoms with van der Waals surface area (Å²) in [4.78, 5) is 25.3. The highest BCUT2D eigenvalue weighted by Crippen LogP contribution is 2.66. The molecular weight excluding hydrogens is 503 g/mol. The third-order valence-corrected chi connectivity index (χ3v) is 7.29. The van der Waals surface area contributed by atoms with Crippen LogP contribution in [0.25, 0.3) is 0 Å². The molecule has 1 fully saturated rings. The average molecular weight is 525 g/mol. The van der Waals surface area contributed by atoms with Gasteiger partial charge in [-0.05, 0) is 35.4 Å². The van der Waals surface area contributed by atoms with Crippen LogP contribution in [0.5, 0.6) is 11.5 Å². The van der Waals surface area contributed by atoms with E-state index in [4.69, 9.17) is 41.5 Å². The van der Waals surface area contributed by atoms with E-state index in [1.54, 1.807) is 0 Å². The van der Waals surface area contributed by atoms with Gasteiger partial charge in [0.1, 0.15) is 24.0 Å². The van der Waals surface area contributed by atoms with E-state index in [1.807, 2.05) is 48.5 Å². The molecule has 36 heavy (non-hydrogen) atoms. The molecule has 0 N–H and O–H groups in total. The number of methoxy groups -OCH3 is 2. The van der Waals surface area contributed by atoms with Gasteiger partial charge in [-0.1, -0.05) is 47.5 Å². The van der Waals surface area contributed by atoms with Gasteiger partial charge in [0.05, 0.1) is 14.2 Å². The van der Waals surface area contributed by atoms with Gasteiger partial charge in [-0.15, -0.1) is 0 Å². The number of rotatable bonds is 6. The van der Waals surface area contributed by atoms with Crippen molar-refractivity contribution in [2.75, 3.05) is 14.2 Å². The zero-order valence-electron chi connectivity index (χ0n) is 19.4. The minimum atomic E-state index is -0.318. The number of ether oxygens (including phenoxy) is 2. The first-order chi connectivity index (χ1) is 17.4. The maximum Gasteiger partial charge on any atom is 0.226 e. The molecular formula is C28H22Cl2O6. The van der Waals surface area contributed by atoms with Crippen LogP contribution in [0.1, 0.15) is 46.3 Å². The minimum Gasteiger partial charge on any atom is -0.490 e. The van der Waals surface area contributed by atoms with Crippen LogP contribution in [0.15, 0.2) is 91.6 Å². The molecule has 2 aromatic carbocycles. The SMILES string of the molecule is COc1coc(C2C(c3ccc(Cl)cc3)C(c3ccc(Cl)cc3)C2c2cc(=O)c(OC)co2)cc1=O. The molecule has 0 bridgehead atoms. The first-order valence-electron chi connectivity index (χ1n) is 11.3. The van der Waals surface area contributed by atoms with Gasteiger partial charge in [0, 0.05) is 45.8 Å². The van der Waals surface area contributed by atoms with Crippen molar-refractivity contribution in [3.05, 3.63) is 126 Å². The molecule has 0 aliphatic heterocycles. The summed E-state index contributed by atoms with van der Waals surface area (Å²) in [6.07, 6.45) is 2.63. The Morgan fingerprint density at radius 1 is 0.611 bits per heavy atom. The van der Waals surface area contributed by atoms with Gasteiger partial charge in [-0.25, -0.2) is 0 Å². The second kappa shape index (κ2) is 9.88. The predicted octanol–water partition coefficient (Wildman–Crippen LogP) is 6.37. The van der Waals surface area contributed by atoms with Crippen LogP contribution >= 0.6 is 23.2 Å². The highest BCUT2D eigenvalue weighted by molar-refractivity contribution is 6.30. The Hall–Kier alpha value is -3.48. The maximum atomic E-state index is 12.7. The van der Waals surface area contributed by atoms with E-state index in [0.29, 0.717) is 21.6 Å². The van der Waals surface area contributed by atoms with Crippen LogP contribution < -0.4 is 20.3 Å². The van der Waals surface area contributed by atoms with Gasteiger partial charge in [0.15, 0.2) is 0 Å². The minimum absolute atomic E-state index is 0.114. The summed E-state index contributed by atoms with van der Waals surface area (Å²) in [5.74, 6) is 0.299. The van der Waals surface area contributed by atoms with Crippen molar-refractivity contribution < 1.29 is 18.3 Å². The lowest BCUT2D eigenvalue weighted by molar-refractivity contribution is 0.170. The summed E-state index contributed by atoms with van der Waals surface area (Å²) >= 11 is 12.4. The highest BCUT2D eigenvalue weighted by Gasteiger charge is 2.55. The quantitative estimate of drug-likeness (QED) is 0.291. The predicted molar refractivity (Wildman–Crippen MR) is 137 cm³/mol. The molecule has 5 rings (SSSR count). The summed E-state index contributed by atoms with van der Waals surface area (Å²) in [5, 5.41) is 1.23. The van der Waals surface area contributed by atoms with E-state index in [0.717, 1.165) is 11.1 Å². The van der Waals surface area contributed by atoms with Gasteiger partial charge < -0.3 is 18.3 Å². The standard InChI is InChI=1S/C28H22Cl2O6/c1-33-23-13-35-21(11-19(23)31)27-25(15-3-7-17(29)8-4-15)26(16-5-9-18(30)10-6-16)28(27)22-12-20(32)24(34-2)14-36-22/h3-14,25-28H,1-2H3. The number of hydrogen-bond acceptors (Lipinski definition) is 6. The summed E-state index contributed by atoms with van der Waals surface area (Å²) in [5.41, 5.74) is 1.43. The van der Waals surface area contributed by atoms with E-state index in [2.05, 4.69) is 0 Å². The van der Waals surface area contributed by atoms with Crippen molar-refractivity contribution in [2.45, 2.75) is 23.7 Å². The number of benzene rings is 2. The molecule has 0 radical (unpaired) electrons. The molecule has 184 valence electrons. The van der Waals surface area contributed by atoms with Crippen LogP contribution in [-0.4, -0.2) is 14.2 Å². The number of hydrogen-bond donors (Lipinski definition) is 0. The first kappa shape index (κ1) is 24.2. The lowest BCUT2D eigenvalue weighted by Crippen LogP contribution is -2.40. The Morgan fingerprint density at radius 3 is 1.28 bits per heavy atom. The largest absolute Gasteiger partial charge is 0.490 e. The molecule has 0 spiro atoms. The van der Waals surface area contributed by atoms with Gasteiger partial charge in [-0.2, -0.15) is 0 Å². The number of halogens is 2. The van der Waals surface area contributed by atoms with E-state index >= 15 is 0 Å². The van der Waals surface area contributed by atoms with Crippen molar-refractivity contribution >= 4 is 23.2 Å². The molecule has 6 nitrogen and oxygen atoms in total. The van der Waals surface area contributed by atoms with Gasteiger partial charge >= 0.3 is 0 Å². The fourth-order valence-electron chi connectivity index (χ4n) is 5.13. The molecule has 4 atom stereocenters. The van der Waals surface area contributed by atoms with Crippen molar-refractivity contribution in [3.8, 4) is 11.5 Å². The van der Waals surface area contributed by atoms with E-state index < -0.39 is 0 Å². The molecule has 4 unspecified atom stereocenters. The Bertz CT molecular complexity index is 1380. The Kier molecular flexibility index (Phi) is 6.65. The summed E-state index contributed by atoms with van der Waals surface area (Å²) < 4.78 is 22.1. The van der Waals surface area contributed by atoms with Gasteiger partial charge in [0.2, 0.25) is 22.4 Å². The topological polar surface area (TPSA) is 78.9 Å². The smallest absolute Gasteiger partial charge is 0.226 e. The van der Waals surface area contributed by atoms with Crippen LogP contribution in [0.2, 0.25) is 10.0 Å². The fourth-order valence-corrected chi connectivity index (χ4v) is 5.38. The normalized spacial score (nSPS) is 21.0. The molecule has 4 aromatic rings. The van der Waals surface area contributed by atoms with Crippen molar-refractivity contribution in [1.82, 2.24) is 0 Å². The molecule has 2 aromatic heterocycles. The monoisotopic (exact) mass is 524 g/mol. The van der Waals surface area contributed by atoms with E-state index in [1.165, 1.54) is 38.9 Å². The van der Waals surface area contributed by atoms with Crippen molar-refractivity contribution in [3.63, 3.8) is 0 Å². The van der Waals surface area contributed by atoms with Gasteiger partial charge in [0.25, 0.3) is 0 Å². The summed E-state index contributed by atoms with van der Waals surface area (Å²) in [6, 6.07) is 18.1. The molecule has 0 amide bonds. The molecule has 2 heterocycles. The average Bonchev–Trinajstić information content (AvgIpc) is 2.86. The van der Waals surface area contributed by atoms with Crippen molar-refractivity contribution in [1.29, 1.82) is 0 Å². The van der Waals surface area contributed by atoms with Crippen LogP contribution in [-0.2, 0) is 0 Å². The third-order valence-electron chi connectivity index (χ3n) is 6.79.